The minimum atomic E-state index is 0.249. The number of amides is 1. The Hall–Kier alpha value is -0.610. The van der Waals surface area contributed by atoms with Crippen molar-refractivity contribution in [1.29, 1.82) is 0 Å². The van der Waals surface area contributed by atoms with Crippen molar-refractivity contribution in [2.45, 2.75) is 19.8 Å². The number of likely N-dealkylation sites (N-methyl/N-ethyl adjacent to an activating group) is 1. The highest BCUT2D eigenvalue weighted by molar-refractivity contribution is 5.78. The molecule has 1 amide bonds. The Balaban J connectivity index is 2.11. The lowest BCUT2D eigenvalue weighted by Gasteiger charge is -2.32. The van der Waals surface area contributed by atoms with E-state index in [9.17, 15) is 4.79 Å². The number of hydrogen-bond donors (Lipinski definition) is 1. The van der Waals surface area contributed by atoms with Crippen LogP contribution in [-0.2, 0) is 4.79 Å². The minimum Gasteiger partial charge on any atom is -0.339 e. The molecule has 1 aliphatic heterocycles. The second-order valence-corrected chi connectivity index (χ2v) is 4.21. The fourth-order valence-corrected chi connectivity index (χ4v) is 1.66. The van der Waals surface area contributed by atoms with Gasteiger partial charge in [-0.2, -0.15) is 0 Å². The zero-order valence-electron chi connectivity index (χ0n) is 9.96. The Morgan fingerprint density at radius 1 is 1.27 bits per heavy atom. The average molecular weight is 213 g/mol. The molecule has 0 atom stereocenters. The van der Waals surface area contributed by atoms with Crippen LogP contribution in [0.15, 0.2) is 0 Å². The monoisotopic (exact) mass is 213 g/mol. The van der Waals surface area contributed by atoms with E-state index in [4.69, 9.17) is 0 Å². The van der Waals surface area contributed by atoms with Crippen molar-refractivity contribution in [2.75, 3.05) is 46.3 Å². The second kappa shape index (κ2) is 6.80. The van der Waals surface area contributed by atoms with Gasteiger partial charge in [-0.1, -0.05) is 13.3 Å². The molecular weight excluding hydrogens is 190 g/mol. The van der Waals surface area contributed by atoms with Gasteiger partial charge in [0.2, 0.25) is 5.91 Å². The van der Waals surface area contributed by atoms with Gasteiger partial charge < -0.3 is 15.1 Å². The van der Waals surface area contributed by atoms with E-state index in [1.165, 1.54) is 6.42 Å². The minimum absolute atomic E-state index is 0.249. The van der Waals surface area contributed by atoms with E-state index in [2.05, 4.69) is 24.2 Å². The van der Waals surface area contributed by atoms with Gasteiger partial charge in [-0.3, -0.25) is 4.79 Å². The summed E-state index contributed by atoms with van der Waals surface area (Å²) in [7, 11) is 2.10. The highest BCUT2D eigenvalue weighted by Crippen LogP contribution is 1.98. The van der Waals surface area contributed by atoms with Gasteiger partial charge in [0.15, 0.2) is 0 Å². The van der Waals surface area contributed by atoms with E-state index >= 15 is 0 Å². The van der Waals surface area contributed by atoms with Gasteiger partial charge in [-0.25, -0.2) is 0 Å². The molecule has 0 aromatic rings. The summed E-state index contributed by atoms with van der Waals surface area (Å²) in [5.74, 6) is 0.249. The molecule has 1 rings (SSSR count). The molecule has 0 aromatic heterocycles. The first-order chi connectivity index (χ1) is 7.24. The lowest BCUT2D eigenvalue weighted by atomic mass is 10.3. The normalized spacial score (nSPS) is 18.1. The fourth-order valence-electron chi connectivity index (χ4n) is 1.66. The third-order valence-electron chi connectivity index (χ3n) is 2.84. The Morgan fingerprint density at radius 2 is 1.93 bits per heavy atom. The third-order valence-corrected chi connectivity index (χ3v) is 2.84. The Morgan fingerprint density at radius 3 is 2.53 bits per heavy atom. The molecular formula is C11H23N3O. The summed E-state index contributed by atoms with van der Waals surface area (Å²) in [6, 6.07) is 0. The standard InChI is InChI=1S/C11H23N3O/c1-3-4-5-12-10-11(15)14-8-6-13(2)7-9-14/h12H,3-10H2,1-2H3. The first kappa shape index (κ1) is 12.5. The number of piperazine rings is 1. The Kier molecular flexibility index (Phi) is 5.65. The first-order valence-electron chi connectivity index (χ1n) is 5.91. The van der Waals surface area contributed by atoms with Crippen molar-refractivity contribution in [3.63, 3.8) is 0 Å². The molecule has 1 heterocycles. The van der Waals surface area contributed by atoms with Crippen LogP contribution < -0.4 is 5.32 Å². The van der Waals surface area contributed by atoms with Gasteiger partial charge in [0.25, 0.3) is 0 Å². The van der Waals surface area contributed by atoms with Crippen LogP contribution in [0.5, 0.6) is 0 Å². The maximum atomic E-state index is 11.7. The van der Waals surface area contributed by atoms with E-state index in [1.54, 1.807) is 0 Å². The van der Waals surface area contributed by atoms with Crippen molar-refractivity contribution in [3.8, 4) is 0 Å². The van der Waals surface area contributed by atoms with Crippen LogP contribution in [0.4, 0.5) is 0 Å². The molecule has 88 valence electrons. The molecule has 1 aliphatic rings. The molecule has 1 N–H and O–H groups in total. The fraction of sp³-hybridized carbons (Fsp3) is 0.909. The average Bonchev–Trinajstić information content (AvgIpc) is 2.25. The number of nitrogens with one attached hydrogen (secondary N) is 1. The molecule has 0 unspecified atom stereocenters. The summed E-state index contributed by atoms with van der Waals surface area (Å²) in [5.41, 5.74) is 0. The van der Waals surface area contributed by atoms with Crippen molar-refractivity contribution in [3.05, 3.63) is 0 Å². The van der Waals surface area contributed by atoms with Crippen LogP contribution in [0.25, 0.3) is 0 Å². The zero-order valence-corrected chi connectivity index (χ0v) is 9.96. The molecule has 0 radical (unpaired) electrons. The lowest BCUT2D eigenvalue weighted by Crippen LogP contribution is -2.49. The second-order valence-electron chi connectivity index (χ2n) is 4.21. The number of unbranched alkanes of at least 4 members (excludes halogenated alkanes) is 1. The maximum Gasteiger partial charge on any atom is 0.236 e. The smallest absolute Gasteiger partial charge is 0.236 e. The van der Waals surface area contributed by atoms with Crippen LogP contribution in [0.1, 0.15) is 19.8 Å². The van der Waals surface area contributed by atoms with Crippen LogP contribution in [0, 0.1) is 0 Å². The molecule has 0 aromatic carbocycles. The quantitative estimate of drug-likeness (QED) is 0.660. The zero-order chi connectivity index (χ0) is 11.1. The van der Waals surface area contributed by atoms with Gasteiger partial charge in [0.1, 0.15) is 0 Å². The summed E-state index contributed by atoms with van der Waals surface area (Å²) in [4.78, 5) is 15.9. The molecule has 0 bridgehead atoms. The highest BCUT2D eigenvalue weighted by Gasteiger charge is 2.17. The number of nitrogens with zero attached hydrogens (tertiary/aromatic N) is 2. The van der Waals surface area contributed by atoms with E-state index in [0.29, 0.717) is 6.54 Å². The van der Waals surface area contributed by atoms with Gasteiger partial charge in [0, 0.05) is 26.2 Å². The SMILES string of the molecule is CCCCNCC(=O)N1CCN(C)CC1. The van der Waals surface area contributed by atoms with Gasteiger partial charge in [0.05, 0.1) is 6.54 Å². The van der Waals surface area contributed by atoms with Crippen LogP contribution in [0.2, 0.25) is 0 Å². The summed E-state index contributed by atoms with van der Waals surface area (Å²) >= 11 is 0. The van der Waals surface area contributed by atoms with Crippen LogP contribution in [-0.4, -0.2) is 62.0 Å². The van der Waals surface area contributed by atoms with Crippen LogP contribution >= 0.6 is 0 Å². The summed E-state index contributed by atoms with van der Waals surface area (Å²) in [6.07, 6.45) is 2.33. The van der Waals surface area contributed by atoms with Gasteiger partial charge >= 0.3 is 0 Å². The Bertz CT molecular complexity index is 188. The topological polar surface area (TPSA) is 35.6 Å². The predicted molar refractivity (Wildman–Crippen MR) is 61.9 cm³/mol. The van der Waals surface area contributed by atoms with Crippen LogP contribution in [0.3, 0.4) is 0 Å². The predicted octanol–water partition coefficient (Wildman–Crippen LogP) is 0.150. The summed E-state index contributed by atoms with van der Waals surface area (Å²) in [6.45, 7) is 7.38. The highest BCUT2D eigenvalue weighted by atomic mass is 16.2. The van der Waals surface area contributed by atoms with Crippen molar-refractivity contribution in [1.82, 2.24) is 15.1 Å². The van der Waals surface area contributed by atoms with E-state index in [0.717, 1.165) is 39.1 Å². The van der Waals surface area contributed by atoms with E-state index < -0.39 is 0 Å². The van der Waals surface area contributed by atoms with Gasteiger partial charge in [-0.05, 0) is 20.0 Å². The van der Waals surface area contributed by atoms with Crippen molar-refractivity contribution < 1.29 is 4.79 Å². The molecule has 1 saturated heterocycles. The number of carbonyl (C=O) groups excluding carboxylic acids is 1. The molecule has 0 saturated carbocycles. The molecule has 15 heavy (non-hydrogen) atoms. The largest absolute Gasteiger partial charge is 0.339 e. The summed E-state index contributed by atoms with van der Waals surface area (Å²) in [5, 5.41) is 3.19. The molecule has 0 spiro atoms. The molecule has 4 nitrogen and oxygen atoms in total. The van der Waals surface area contributed by atoms with Gasteiger partial charge in [-0.15, -0.1) is 0 Å². The number of hydrogen-bond acceptors (Lipinski definition) is 3. The number of carbonyl (C=O) groups is 1. The molecule has 4 heteroatoms. The summed E-state index contributed by atoms with van der Waals surface area (Å²) < 4.78 is 0. The van der Waals surface area contributed by atoms with Crippen molar-refractivity contribution >= 4 is 5.91 Å². The van der Waals surface area contributed by atoms with E-state index in [-0.39, 0.29) is 5.91 Å². The Labute approximate surface area is 92.6 Å². The van der Waals surface area contributed by atoms with E-state index in [1.807, 2.05) is 4.90 Å². The lowest BCUT2D eigenvalue weighted by molar-refractivity contribution is -0.131. The first-order valence-corrected chi connectivity index (χ1v) is 5.91. The molecule has 0 aliphatic carbocycles. The number of rotatable bonds is 5. The maximum absolute atomic E-state index is 11.7. The molecule has 1 fully saturated rings. The van der Waals surface area contributed by atoms with Crippen molar-refractivity contribution in [2.24, 2.45) is 0 Å². The third kappa shape index (κ3) is 4.62.